The first kappa shape index (κ1) is 57.6. The maximum absolute atomic E-state index is 14.1. The average Bonchev–Trinajstić information content (AvgIpc) is 3.80. The van der Waals surface area contributed by atoms with Gasteiger partial charge in [-0.25, -0.2) is 4.79 Å². The second kappa shape index (κ2) is 30.7. The summed E-state index contributed by atoms with van der Waals surface area (Å²) in [5.74, 6) is -10.1. The molecule has 1 aliphatic heterocycles. The van der Waals surface area contributed by atoms with Gasteiger partial charge < -0.3 is 74.6 Å². The Hall–Kier alpha value is -5.54. The minimum atomic E-state index is -1.78. The number of rotatable bonds is 31. The van der Waals surface area contributed by atoms with Crippen LogP contribution in [-0.4, -0.2) is 172 Å². The van der Waals surface area contributed by atoms with Gasteiger partial charge in [-0.05, 0) is 70.0 Å². The highest BCUT2D eigenvalue weighted by molar-refractivity contribution is 7.80. The lowest BCUT2D eigenvalue weighted by Gasteiger charge is -2.27. The second-order valence-corrected chi connectivity index (χ2v) is 16.4. The van der Waals surface area contributed by atoms with Gasteiger partial charge in [-0.2, -0.15) is 25.3 Å². The number of unbranched alkanes of at least 4 members (excludes halogenated alkanes) is 2. The van der Waals surface area contributed by atoms with Crippen LogP contribution in [0.1, 0.15) is 63.4 Å². The van der Waals surface area contributed by atoms with E-state index in [-0.39, 0.29) is 56.8 Å². The number of amides is 8. The van der Waals surface area contributed by atoms with Crippen LogP contribution in [0.4, 0.5) is 0 Å². The number of carboxylic acids is 2. The standard InChI is InChI=1S/C41H65N11O13S2/c42-14-6-4-11-25(46-32(54)19-45-34(57)29(20-53)50-39(62)31-13-8-16-52(31)40(63)24(44)21-66)35(58)47-26(12-5-7-15-43)36(59)48-27(17-23-9-2-1-3-10-23)37(60)49-28(18-33(55)56)38(61)51-30(22-67)41(64)65/h1-3,9-10,24-31,53,66-67H,4-8,11-22,42-44H2,(H,45,57)(H,46,54)(H,47,58)(H,48,59)(H,49,60)(H,50,62)(H,51,61)(H,55,56)(H,64,65)/t24-,25-,26-,27-,28-,29-,30-,31-/m0/s1. The molecule has 0 unspecified atom stereocenters. The Bertz CT molecular complexity index is 1850. The van der Waals surface area contributed by atoms with Crippen LogP contribution >= 0.6 is 25.3 Å². The number of aliphatic hydroxyl groups excluding tert-OH is 1. The molecule has 1 heterocycles. The molecule has 0 aromatic heterocycles. The molecule has 8 atom stereocenters. The number of aliphatic hydroxyl groups is 1. The first-order valence-corrected chi connectivity index (χ1v) is 23.0. The summed E-state index contributed by atoms with van der Waals surface area (Å²) in [6, 6.07) is -2.47. The number of carboxylic acid groups (broad SMARTS) is 2. The summed E-state index contributed by atoms with van der Waals surface area (Å²) in [7, 11) is 0. The number of benzene rings is 1. The Morgan fingerprint density at radius 3 is 1.75 bits per heavy atom. The van der Waals surface area contributed by atoms with E-state index >= 15 is 0 Å². The van der Waals surface area contributed by atoms with E-state index in [0.29, 0.717) is 37.7 Å². The van der Waals surface area contributed by atoms with E-state index in [9.17, 15) is 63.3 Å². The topological polar surface area (TPSA) is 397 Å². The van der Waals surface area contributed by atoms with Crippen LogP contribution < -0.4 is 54.4 Å². The van der Waals surface area contributed by atoms with Crippen LogP contribution in [0.5, 0.6) is 0 Å². The molecule has 0 spiro atoms. The number of hydrogen-bond acceptors (Lipinski definition) is 16. The van der Waals surface area contributed by atoms with Gasteiger partial charge in [0, 0.05) is 24.5 Å². The third-order valence-corrected chi connectivity index (χ3v) is 11.3. The van der Waals surface area contributed by atoms with Crippen molar-refractivity contribution in [2.75, 3.05) is 44.3 Å². The zero-order chi connectivity index (χ0) is 50.1. The van der Waals surface area contributed by atoms with E-state index in [4.69, 9.17) is 17.2 Å². The Balaban J connectivity index is 2.27. The fraction of sp³-hybridized carbons (Fsp3) is 0.610. The minimum absolute atomic E-state index is 0.00135. The number of nitrogens with one attached hydrogen (secondary N) is 7. The summed E-state index contributed by atoms with van der Waals surface area (Å²) < 4.78 is 0. The van der Waals surface area contributed by atoms with Crippen molar-refractivity contribution in [1.29, 1.82) is 0 Å². The number of aliphatic carboxylic acids is 2. The number of nitrogens with zero attached hydrogens (tertiary/aromatic N) is 1. The molecule has 0 bridgehead atoms. The number of thiol groups is 2. The molecule has 1 aliphatic rings. The lowest BCUT2D eigenvalue weighted by atomic mass is 10.0. The van der Waals surface area contributed by atoms with Crippen LogP contribution in [-0.2, 0) is 54.4 Å². The number of likely N-dealkylation sites (tertiary alicyclic amines) is 1. The van der Waals surface area contributed by atoms with E-state index in [1.807, 2.05) is 0 Å². The molecule has 8 amide bonds. The van der Waals surface area contributed by atoms with Crippen molar-refractivity contribution in [1.82, 2.24) is 42.1 Å². The maximum atomic E-state index is 14.1. The van der Waals surface area contributed by atoms with Crippen molar-refractivity contribution in [3.63, 3.8) is 0 Å². The molecule has 1 aromatic rings. The fourth-order valence-electron chi connectivity index (χ4n) is 6.83. The summed E-state index contributed by atoms with van der Waals surface area (Å²) in [5.41, 5.74) is 17.7. The lowest BCUT2D eigenvalue weighted by molar-refractivity contribution is -0.143. The van der Waals surface area contributed by atoms with E-state index in [0.717, 1.165) is 0 Å². The van der Waals surface area contributed by atoms with E-state index in [1.54, 1.807) is 30.3 Å². The van der Waals surface area contributed by atoms with Crippen LogP contribution in [0.2, 0.25) is 0 Å². The van der Waals surface area contributed by atoms with Gasteiger partial charge in [-0.1, -0.05) is 30.3 Å². The highest BCUT2D eigenvalue weighted by Gasteiger charge is 2.38. The molecule has 24 nitrogen and oxygen atoms in total. The quantitative estimate of drug-likeness (QED) is 0.0245. The van der Waals surface area contributed by atoms with Crippen molar-refractivity contribution >= 4 is 84.5 Å². The van der Waals surface area contributed by atoms with Gasteiger partial charge >= 0.3 is 11.9 Å². The largest absolute Gasteiger partial charge is 0.481 e. The van der Waals surface area contributed by atoms with Crippen LogP contribution in [0.25, 0.3) is 0 Å². The molecule has 1 aromatic carbocycles. The van der Waals surface area contributed by atoms with Crippen LogP contribution in [0.3, 0.4) is 0 Å². The first-order valence-electron chi connectivity index (χ1n) is 21.8. The molecule has 1 fully saturated rings. The van der Waals surface area contributed by atoms with Crippen LogP contribution in [0, 0.1) is 0 Å². The van der Waals surface area contributed by atoms with Gasteiger partial charge in [0.15, 0.2) is 0 Å². The first-order chi connectivity index (χ1) is 31.9. The molecular formula is C41H65N11O13S2. The van der Waals surface area contributed by atoms with E-state index < -0.39 is 127 Å². The average molecular weight is 984 g/mol. The molecule has 1 saturated heterocycles. The maximum Gasteiger partial charge on any atom is 0.327 e. The third-order valence-electron chi connectivity index (χ3n) is 10.5. The summed E-state index contributed by atoms with van der Waals surface area (Å²) in [5, 5.41) is 45.7. The SMILES string of the molecule is NCCCC[C@H](NC(=O)CNC(=O)[C@H](CO)NC(=O)[C@@H]1CCCN1C(=O)[C@@H](N)CS)C(=O)N[C@@H](CCCCN)C(=O)N[C@@H](Cc1ccccc1)C(=O)N[C@@H](CC(=O)O)C(=O)N[C@@H](CS)C(=O)O. The van der Waals surface area contributed by atoms with Gasteiger partial charge in [0.25, 0.3) is 0 Å². The summed E-state index contributed by atoms with van der Waals surface area (Å²) >= 11 is 7.92. The smallest absolute Gasteiger partial charge is 0.327 e. The van der Waals surface area contributed by atoms with Gasteiger partial charge in [-0.15, -0.1) is 0 Å². The summed E-state index contributed by atoms with van der Waals surface area (Å²) in [6.07, 6.45) is 1.23. The number of carbonyl (C=O) groups is 10. The van der Waals surface area contributed by atoms with E-state index in [1.165, 1.54) is 4.90 Å². The molecule has 67 heavy (non-hydrogen) atoms. The molecule has 26 heteroatoms. The van der Waals surface area contributed by atoms with Crippen molar-refractivity contribution < 1.29 is 63.3 Å². The van der Waals surface area contributed by atoms with Crippen molar-refractivity contribution in [2.45, 2.75) is 113 Å². The number of carbonyl (C=O) groups excluding carboxylic acids is 8. The van der Waals surface area contributed by atoms with Gasteiger partial charge in [-0.3, -0.25) is 43.2 Å². The molecular weight excluding hydrogens is 919 g/mol. The molecule has 2 rings (SSSR count). The summed E-state index contributed by atoms with van der Waals surface area (Å²) in [4.78, 5) is 131. The van der Waals surface area contributed by atoms with Crippen LogP contribution in [0.15, 0.2) is 30.3 Å². The highest BCUT2D eigenvalue weighted by atomic mass is 32.1. The predicted molar refractivity (Wildman–Crippen MR) is 248 cm³/mol. The lowest BCUT2D eigenvalue weighted by Crippen LogP contribution is -2.60. The van der Waals surface area contributed by atoms with Crippen molar-refractivity contribution in [2.24, 2.45) is 17.2 Å². The molecule has 0 saturated carbocycles. The van der Waals surface area contributed by atoms with E-state index in [2.05, 4.69) is 62.5 Å². The Morgan fingerprint density at radius 2 is 1.21 bits per heavy atom. The Morgan fingerprint density at radius 1 is 0.672 bits per heavy atom. The van der Waals surface area contributed by atoms with Gasteiger partial charge in [0.1, 0.15) is 42.3 Å². The highest BCUT2D eigenvalue weighted by Crippen LogP contribution is 2.19. The predicted octanol–water partition coefficient (Wildman–Crippen LogP) is -4.76. The molecule has 0 aliphatic carbocycles. The van der Waals surface area contributed by atoms with Gasteiger partial charge in [0.05, 0.1) is 25.6 Å². The zero-order valence-electron chi connectivity index (χ0n) is 37.0. The summed E-state index contributed by atoms with van der Waals surface area (Å²) in [6.45, 7) is -0.823. The number of hydrogen-bond donors (Lipinski definition) is 15. The molecule has 16 N–H and O–H groups in total. The minimum Gasteiger partial charge on any atom is -0.481 e. The monoisotopic (exact) mass is 983 g/mol. The normalized spacial score (nSPS) is 16.4. The second-order valence-electron chi connectivity index (χ2n) is 15.7. The third kappa shape index (κ3) is 20.1. The Labute approximate surface area is 398 Å². The zero-order valence-corrected chi connectivity index (χ0v) is 38.8. The number of nitrogens with two attached hydrogens (primary N) is 3. The van der Waals surface area contributed by atoms with Crippen molar-refractivity contribution in [3.05, 3.63) is 35.9 Å². The fourth-order valence-corrected chi connectivity index (χ4v) is 7.24. The molecule has 374 valence electrons. The van der Waals surface area contributed by atoms with Gasteiger partial charge in [0.2, 0.25) is 47.3 Å². The Kier molecular flexibility index (Phi) is 26.4. The van der Waals surface area contributed by atoms with Crippen molar-refractivity contribution in [3.8, 4) is 0 Å². The molecule has 0 radical (unpaired) electrons.